The van der Waals surface area contributed by atoms with Gasteiger partial charge in [-0.2, -0.15) is 0 Å². The summed E-state index contributed by atoms with van der Waals surface area (Å²) >= 11 is 0. The average Bonchev–Trinajstić information content (AvgIpc) is 2.30. The predicted octanol–water partition coefficient (Wildman–Crippen LogP) is 2.96. The molecule has 0 heterocycles. The summed E-state index contributed by atoms with van der Waals surface area (Å²) in [6.07, 6.45) is -0.745. The maximum absolute atomic E-state index is 13.5. The summed E-state index contributed by atoms with van der Waals surface area (Å²) in [7, 11) is 0. The molecule has 0 bridgehead atoms. The molecule has 0 saturated heterocycles. The molecule has 0 aliphatic rings. The summed E-state index contributed by atoms with van der Waals surface area (Å²) in [5.41, 5.74) is 0.262. The van der Waals surface area contributed by atoms with Crippen molar-refractivity contribution in [1.29, 1.82) is 0 Å². The van der Waals surface area contributed by atoms with Gasteiger partial charge in [0.05, 0.1) is 0 Å². The van der Waals surface area contributed by atoms with Gasteiger partial charge < -0.3 is 9.84 Å². The van der Waals surface area contributed by atoms with Gasteiger partial charge in [0.2, 0.25) is 0 Å². The monoisotopic (exact) mass is 297 g/mol. The molecule has 0 radical (unpaired) electrons. The van der Waals surface area contributed by atoms with Crippen LogP contribution in [0.5, 0.6) is 0 Å². The van der Waals surface area contributed by atoms with Gasteiger partial charge in [0, 0.05) is 6.54 Å². The topological polar surface area (TPSA) is 66.8 Å². The summed E-state index contributed by atoms with van der Waals surface area (Å²) in [6.45, 7) is 6.16. The van der Waals surface area contributed by atoms with Gasteiger partial charge >= 0.3 is 12.1 Å². The van der Waals surface area contributed by atoms with Crippen LogP contribution < -0.4 is 0 Å². The fourth-order valence-corrected chi connectivity index (χ4v) is 1.63. The number of halogens is 1. The molecule has 21 heavy (non-hydrogen) atoms. The lowest BCUT2D eigenvalue weighted by Crippen LogP contribution is -2.39. The van der Waals surface area contributed by atoms with E-state index in [1.807, 2.05) is 0 Å². The van der Waals surface area contributed by atoms with Crippen LogP contribution in [0.1, 0.15) is 31.9 Å². The molecule has 5 nitrogen and oxygen atoms in total. The SMILES string of the molecule is Cc1ccc(CN(CC(=O)O)C(=O)OC(C)(C)C)cc1F. The van der Waals surface area contributed by atoms with Crippen molar-refractivity contribution in [1.82, 2.24) is 4.90 Å². The standard InChI is InChI=1S/C15H20FNO4/c1-10-5-6-11(7-12(10)16)8-17(9-13(18)19)14(20)21-15(2,3)4/h5-7H,8-9H2,1-4H3,(H,18,19). The first-order chi connectivity index (χ1) is 9.58. The largest absolute Gasteiger partial charge is 0.480 e. The summed E-state index contributed by atoms with van der Waals surface area (Å²) < 4.78 is 18.7. The molecule has 0 atom stereocenters. The van der Waals surface area contributed by atoms with E-state index < -0.39 is 30.0 Å². The van der Waals surface area contributed by atoms with Crippen molar-refractivity contribution in [2.24, 2.45) is 0 Å². The fraction of sp³-hybridized carbons (Fsp3) is 0.467. The Morgan fingerprint density at radius 2 is 1.95 bits per heavy atom. The summed E-state index contributed by atoms with van der Waals surface area (Å²) in [6, 6.07) is 4.52. The van der Waals surface area contributed by atoms with Crippen molar-refractivity contribution in [2.75, 3.05) is 6.54 Å². The van der Waals surface area contributed by atoms with Crippen molar-refractivity contribution in [3.63, 3.8) is 0 Å². The Balaban J connectivity index is 2.89. The molecule has 116 valence electrons. The number of aliphatic carboxylic acids is 1. The summed E-state index contributed by atoms with van der Waals surface area (Å²) in [5.74, 6) is -1.56. The Bertz CT molecular complexity index is 537. The van der Waals surface area contributed by atoms with Crippen molar-refractivity contribution in [3.8, 4) is 0 Å². The van der Waals surface area contributed by atoms with Crippen molar-refractivity contribution < 1.29 is 23.8 Å². The van der Waals surface area contributed by atoms with Crippen LogP contribution in [0.4, 0.5) is 9.18 Å². The Morgan fingerprint density at radius 3 is 2.43 bits per heavy atom. The number of aryl methyl sites for hydroxylation is 1. The average molecular weight is 297 g/mol. The second-order valence-electron chi connectivity index (χ2n) is 5.81. The van der Waals surface area contributed by atoms with Crippen LogP contribution in [0.2, 0.25) is 0 Å². The highest BCUT2D eigenvalue weighted by Crippen LogP contribution is 2.15. The number of carboxylic acids is 1. The van der Waals surface area contributed by atoms with E-state index in [4.69, 9.17) is 9.84 Å². The van der Waals surface area contributed by atoms with Crippen LogP contribution in [0.25, 0.3) is 0 Å². The lowest BCUT2D eigenvalue weighted by molar-refractivity contribution is -0.138. The van der Waals surface area contributed by atoms with Crippen LogP contribution in [0.3, 0.4) is 0 Å². The van der Waals surface area contributed by atoms with Gasteiger partial charge in [-0.15, -0.1) is 0 Å². The normalized spacial score (nSPS) is 11.1. The minimum absolute atomic E-state index is 0.0294. The smallest absolute Gasteiger partial charge is 0.411 e. The number of carbonyl (C=O) groups is 2. The van der Waals surface area contributed by atoms with Gasteiger partial charge in [0.15, 0.2) is 0 Å². The number of hydrogen-bond donors (Lipinski definition) is 1. The van der Waals surface area contributed by atoms with Crippen molar-refractivity contribution in [2.45, 2.75) is 39.8 Å². The molecule has 0 fully saturated rings. The third-order valence-corrected chi connectivity index (χ3v) is 2.59. The zero-order valence-electron chi connectivity index (χ0n) is 12.6. The number of benzene rings is 1. The molecule has 1 amide bonds. The molecular formula is C15H20FNO4. The van der Waals surface area contributed by atoms with E-state index in [-0.39, 0.29) is 6.54 Å². The molecule has 0 saturated carbocycles. The third kappa shape index (κ3) is 5.81. The Labute approximate surface area is 123 Å². The van der Waals surface area contributed by atoms with Crippen LogP contribution in [0, 0.1) is 12.7 Å². The molecule has 1 aromatic rings. The Kier molecular flexibility index (Phi) is 5.29. The van der Waals surface area contributed by atoms with Crippen molar-refractivity contribution in [3.05, 3.63) is 35.1 Å². The van der Waals surface area contributed by atoms with Crippen LogP contribution >= 0.6 is 0 Å². The Hall–Kier alpha value is -2.11. The van der Waals surface area contributed by atoms with Gasteiger partial charge in [-0.1, -0.05) is 12.1 Å². The van der Waals surface area contributed by atoms with E-state index in [0.717, 1.165) is 4.90 Å². The number of rotatable bonds is 4. The number of nitrogens with zero attached hydrogens (tertiary/aromatic N) is 1. The van der Waals surface area contributed by atoms with Crippen LogP contribution in [-0.2, 0) is 16.1 Å². The van der Waals surface area contributed by atoms with Crippen LogP contribution in [0.15, 0.2) is 18.2 Å². The predicted molar refractivity (Wildman–Crippen MR) is 75.4 cm³/mol. The first kappa shape index (κ1) is 16.9. The minimum Gasteiger partial charge on any atom is -0.480 e. The Morgan fingerprint density at radius 1 is 1.33 bits per heavy atom. The molecule has 1 rings (SSSR count). The molecule has 6 heteroatoms. The quantitative estimate of drug-likeness (QED) is 0.928. The molecule has 0 unspecified atom stereocenters. The number of carboxylic acid groups (broad SMARTS) is 1. The second-order valence-corrected chi connectivity index (χ2v) is 5.81. The van der Waals surface area contributed by atoms with Gasteiger partial charge in [-0.3, -0.25) is 9.69 Å². The lowest BCUT2D eigenvalue weighted by Gasteiger charge is -2.26. The summed E-state index contributed by atoms with van der Waals surface area (Å²) in [4.78, 5) is 23.9. The number of carbonyl (C=O) groups excluding carboxylic acids is 1. The van der Waals surface area contributed by atoms with E-state index in [9.17, 15) is 14.0 Å². The molecule has 1 aromatic carbocycles. The lowest BCUT2D eigenvalue weighted by atomic mass is 10.1. The van der Waals surface area contributed by atoms with Gasteiger partial charge in [-0.25, -0.2) is 9.18 Å². The zero-order chi connectivity index (χ0) is 16.2. The number of amides is 1. The zero-order valence-corrected chi connectivity index (χ0v) is 12.6. The minimum atomic E-state index is -1.16. The van der Waals surface area contributed by atoms with Crippen LogP contribution in [-0.4, -0.2) is 34.2 Å². The highest BCUT2D eigenvalue weighted by molar-refractivity contribution is 5.76. The van der Waals surface area contributed by atoms with E-state index >= 15 is 0 Å². The molecular weight excluding hydrogens is 277 g/mol. The van der Waals surface area contributed by atoms with E-state index in [2.05, 4.69) is 0 Å². The van der Waals surface area contributed by atoms with E-state index in [1.165, 1.54) is 6.07 Å². The van der Waals surface area contributed by atoms with Gasteiger partial charge in [0.25, 0.3) is 0 Å². The molecule has 0 aromatic heterocycles. The number of ether oxygens (including phenoxy) is 1. The summed E-state index contributed by atoms with van der Waals surface area (Å²) in [5, 5.41) is 8.88. The molecule has 0 aliphatic carbocycles. The highest BCUT2D eigenvalue weighted by atomic mass is 19.1. The maximum Gasteiger partial charge on any atom is 0.411 e. The molecule has 1 N–H and O–H groups in total. The second kappa shape index (κ2) is 6.56. The third-order valence-electron chi connectivity index (χ3n) is 2.59. The fourth-order valence-electron chi connectivity index (χ4n) is 1.63. The van der Waals surface area contributed by atoms with Gasteiger partial charge in [0.1, 0.15) is 18.0 Å². The number of hydrogen-bond acceptors (Lipinski definition) is 3. The highest BCUT2D eigenvalue weighted by Gasteiger charge is 2.24. The van der Waals surface area contributed by atoms with Crippen molar-refractivity contribution >= 4 is 12.1 Å². The first-order valence-electron chi connectivity index (χ1n) is 6.53. The van der Waals surface area contributed by atoms with Gasteiger partial charge in [-0.05, 0) is 44.9 Å². The first-order valence-corrected chi connectivity index (χ1v) is 6.53. The maximum atomic E-state index is 13.5. The molecule has 0 spiro atoms. The molecule has 0 aliphatic heterocycles. The van der Waals surface area contributed by atoms with E-state index in [0.29, 0.717) is 11.1 Å². The van der Waals surface area contributed by atoms with E-state index in [1.54, 1.807) is 39.8 Å².